The van der Waals surface area contributed by atoms with E-state index < -0.39 is 0 Å². The molecular weight excluding hydrogens is 447 g/mol. The maximum atomic E-state index is 4.80. The van der Waals surface area contributed by atoms with Gasteiger partial charge >= 0.3 is 5.81 Å². The van der Waals surface area contributed by atoms with Crippen LogP contribution in [0.5, 0.6) is 0 Å². The number of rotatable bonds is 3. The minimum Gasteiger partial charge on any atom is -0.349 e. The standard InChI is InChI=1S/C25H22BBrN4/c1-19-16-25(29-18-23(19)21-10-6-3-7-11-21)31-15-14-30(26(31)27)24-13-12-22(17-28-24)20-8-4-2-5-9-20/h2-15,17-19H,16H2,1H3. The average Bonchev–Trinajstić information content (AvgIpc) is 3.21. The Hall–Kier alpha value is -3.12. The number of hydrogen-bond acceptors (Lipinski definition) is 4. The number of anilines is 1. The van der Waals surface area contributed by atoms with Gasteiger partial charge in [0.2, 0.25) is 0 Å². The quantitative estimate of drug-likeness (QED) is 0.428. The molecule has 152 valence electrons. The van der Waals surface area contributed by atoms with Crippen molar-refractivity contribution in [3.05, 3.63) is 103 Å². The molecule has 1 unspecified atom stereocenters. The van der Waals surface area contributed by atoms with Crippen molar-refractivity contribution in [1.82, 2.24) is 9.79 Å². The van der Waals surface area contributed by atoms with Crippen molar-refractivity contribution in [2.24, 2.45) is 10.9 Å². The predicted octanol–water partition coefficient (Wildman–Crippen LogP) is 6.20. The van der Waals surface area contributed by atoms with Crippen LogP contribution in [0, 0.1) is 5.92 Å². The highest BCUT2D eigenvalue weighted by Gasteiger charge is 2.35. The molecule has 0 N–H and O–H groups in total. The number of benzene rings is 2. The third kappa shape index (κ3) is 3.95. The molecule has 0 bridgehead atoms. The van der Waals surface area contributed by atoms with Gasteiger partial charge < -0.3 is 9.62 Å². The summed E-state index contributed by atoms with van der Waals surface area (Å²) in [5.74, 6) is 2.29. The van der Waals surface area contributed by atoms with E-state index in [0.717, 1.165) is 23.6 Å². The molecule has 1 aromatic heterocycles. The molecule has 6 heteroatoms. The Morgan fingerprint density at radius 3 is 2.16 bits per heavy atom. The van der Waals surface area contributed by atoms with E-state index >= 15 is 0 Å². The molecule has 0 saturated carbocycles. The Kier molecular flexibility index (Phi) is 5.47. The van der Waals surface area contributed by atoms with E-state index in [1.165, 1.54) is 16.7 Å². The topological polar surface area (TPSA) is 31.7 Å². The van der Waals surface area contributed by atoms with E-state index in [0.29, 0.717) is 5.92 Å². The number of nitrogens with zero attached hydrogens (tertiary/aromatic N) is 4. The summed E-state index contributed by atoms with van der Waals surface area (Å²) in [7, 11) is 0. The summed E-state index contributed by atoms with van der Waals surface area (Å²) in [5.41, 5.74) is 4.81. The second-order valence-corrected chi connectivity index (χ2v) is 8.61. The van der Waals surface area contributed by atoms with Gasteiger partial charge in [0.05, 0.1) is 5.84 Å². The Balaban J connectivity index is 1.33. The van der Waals surface area contributed by atoms with Gasteiger partial charge in [-0.2, -0.15) is 0 Å². The van der Waals surface area contributed by atoms with Crippen LogP contribution in [0.15, 0.2) is 103 Å². The van der Waals surface area contributed by atoms with Crippen LogP contribution in [-0.2, 0) is 0 Å². The summed E-state index contributed by atoms with van der Waals surface area (Å²) in [6.07, 6.45) is 8.95. The first kappa shape index (κ1) is 19.8. The fourth-order valence-electron chi connectivity index (χ4n) is 4.02. The Morgan fingerprint density at radius 1 is 0.839 bits per heavy atom. The number of hydrogen-bond donors (Lipinski definition) is 0. The van der Waals surface area contributed by atoms with E-state index in [1.807, 2.05) is 42.9 Å². The molecule has 3 heterocycles. The summed E-state index contributed by atoms with van der Waals surface area (Å²) in [6, 6.07) is 25.0. The molecule has 0 saturated heterocycles. The van der Waals surface area contributed by atoms with Crippen molar-refractivity contribution in [2.45, 2.75) is 13.3 Å². The Bertz CT molecular complexity index is 1140. The molecule has 0 fully saturated rings. The molecule has 2 aromatic carbocycles. The van der Waals surface area contributed by atoms with E-state index in [1.54, 1.807) is 0 Å². The molecule has 3 aromatic rings. The lowest BCUT2D eigenvalue weighted by molar-refractivity contribution is 0.718. The van der Waals surface area contributed by atoms with Crippen molar-refractivity contribution >= 4 is 38.8 Å². The first-order valence-electron chi connectivity index (χ1n) is 10.4. The number of allylic oxidation sites excluding steroid dienone is 1. The van der Waals surface area contributed by atoms with Crippen molar-refractivity contribution in [1.29, 1.82) is 0 Å². The van der Waals surface area contributed by atoms with Crippen molar-refractivity contribution < 1.29 is 0 Å². The van der Waals surface area contributed by atoms with Crippen molar-refractivity contribution in [3.8, 4) is 11.1 Å². The Labute approximate surface area is 191 Å². The van der Waals surface area contributed by atoms with Gasteiger partial charge in [0.15, 0.2) is 0 Å². The monoisotopic (exact) mass is 468 g/mol. The second-order valence-electron chi connectivity index (χ2n) is 7.80. The van der Waals surface area contributed by atoms with Gasteiger partial charge in [-0.1, -0.05) is 83.3 Å². The maximum Gasteiger partial charge on any atom is 0.466 e. The lowest BCUT2D eigenvalue weighted by atomic mass is 9.89. The molecule has 1 atom stereocenters. The molecule has 0 radical (unpaired) electrons. The highest BCUT2D eigenvalue weighted by Crippen LogP contribution is 2.33. The summed E-state index contributed by atoms with van der Waals surface area (Å²) < 4.78 is 0. The van der Waals surface area contributed by atoms with Crippen LogP contribution >= 0.6 is 15.8 Å². The minimum atomic E-state index is -0.0554. The van der Waals surface area contributed by atoms with Crippen LogP contribution in [-0.4, -0.2) is 21.4 Å². The molecule has 31 heavy (non-hydrogen) atoms. The minimum absolute atomic E-state index is 0.0554. The van der Waals surface area contributed by atoms with Gasteiger partial charge in [0, 0.05) is 36.8 Å². The summed E-state index contributed by atoms with van der Waals surface area (Å²) >= 11 is 3.83. The number of pyridine rings is 1. The number of halogens is 1. The molecular formula is C25H22BBrN4. The van der Waals surface area contributed by atoms with Crippen molar-refractivity contribution in [2.75, 3.05) is 4.81 Å². The van der Waals surface area contributed by atoms with Crippen LogP contribution in [0.2, 0.25) is 0 Å². The van der Waals surface area contributed by atoms with Gasteiger partial charge in [0.1, 0.15) is 5.82 Å². The number of amidine groups is 1. The van der Waals surface area contributed by atoms with Gasteiger partial charge in [-0.25, -0.2) is 9.98 Å². The van der Waals surface area contributed by atoms with Crippen LogP contribution in [0.25, 0.3) is 16.7 Å². The summed E-state index contributed by atoms with van der Waals surface area (Å²) in [4.78, 5) is 13.8. The van der Waals surface area contributed by atoms with E-state index in [9.17, 15) is 0 Å². The fourth-order valence-corrected chi connectivity index (χ4v) is 4.74. The second kappa shape index (κ2) is 8.56. The molecule has 2 aliphatic rings. The molecule has 0 spiro atoms. The lowest BCUT2D eigenvalue weighted by Gasteiger charge is -2.29. The molecule has 0 aliphatic carbocycles. The highest BCUT2D eigenvalue weighted by atomic mass is 79.9. The van der Waals surface area contributed by atoms with Gasteiger partial charge in [-0.3, -0.25) is 0 Å². The summed E-state index contributed by atoms with van der Waals surface area (Å²) in [6.45, 7) is 2.26. The average molecular weight is 469 g/mol. The number of aromatic nitrogens is 1. The first-order valence-corrected chi connectivity index (χ1v) is 11.3. The largest absolute Gasteiger partial charge is 0.466 e. The smallest absolute Gasteiger partial charge is 0.349 e. The number of aliphatic imine (C=N–C) groups is 1. The van der Waals surface area contributed by atoms with E-state index in [4.69, 9.17) is 9.98 Å². The SMILES string of the molecule is CC1CC(N2C=CN(c3ccc(-c4ccccc4)cn3)B2Br)=NC=C1c1ccccc1. The highest BCUT2D eigenvalue weighted by molar-refractivity contribution is 9.24. The van der Waals surface area contributed by atoms with E-state index in [-0.39, 0.29) is 5.81 Å². The molecule has 2 aliphatic heterocycles. The Morgan fingerprint density at radius 2 is 1.52 bits per heavy atom. The van der Waals surface area contributed by atoms with Crippen LogP contribution < -0.4 is 4.81 Å². The van der Waals surface area contributed by atoms with E-state index in [2.05, 4.69) is 87.0 Å². The first-order chi connectivity index (χ1) is 15.2. The van der Waals surface area contributed by atoms with Crippen LogP contribution in [0.3, 0.4) is 0 Å². The molecule has 4 nitrogen and oxygen atoms in total. The van der Waals surface area contributed by atoms with Crippen LogP contribution in [0.1, 0.15) is 18.9 Å². The zero-order valence-corrected chi connectivity index (χ0v) is 18.9. The van der Waals surface area contributed by atoms with Gasteiger partial charge in [-0.15, -0.1) is 0 Å². The lowest BCUT2D eigenvalue weighted by Crippen LogP contribution is -2.43. The maximum absolute atomic E-state index is 4.80. The molecule has 0 amide bonds. The van der Waals surface area contributed by atoms with Gasteiger partial charge in [0.25, 0.3) is 0 Å². The summed E-state index contributed by atoms with van der Waals surface area (Å²) in [5, 5.41) is 0. The van der Waals surface area contributed by atoms with Gasteiger partial charge in [-0.05, 0) is 34.8 Å². The van der Waals surface area contributed by atoms with Crippen LogP contribution in [0.4, 0.5) is 5.82 Å². The zero-order valence-electron chi connectivity index (χ0n) is 17.3. The van der Waals surface area contributed by atoms with Crippen molar-refractivity contribution in [3.63, 3.8) is 0 Å². The predicted molar refractivity (Wildman–Crippen MR) is 133 cm³/mol. The molecule has 5 rings (SSSR count). The zero-order chi connectivity index (χ0) is 21.2. The third-order valence-electron chi connectivity index (χ3n) is 5.74. The third-order valence-corrected chi connectivity index (χ3v) is 6.63. The fraction of sp³-hybridized carbons (Fsp3) is 0.120. The normalized spacial score (nSPS) is 18.3.